The molecule has 0 bridgehead atoms. The van der Waals surface area contributed by atoms with E-state index in [1.165, 1.54) is 0 Å². The molecule has 1 aromatic heterocycles. The van der Waals surface area contributed by atoms with Crippen LogP contribution in [-0.4, -0.2) is 13.1 Å². The fraction of sp³-hybridized carbons (Fsp3) is 0.231. The van der Waals surface area contributed by atoms with Gasteiger partial charge in [-0.25, -0.2) is 0 Å². The third kappa shape index (κ3) is 3.02. The van der Waals surface area contributed by atoms with E-state index in [4.69, 9.17) is 21.8 Å². The summed E-state index contributed by atoms with van der Waals surface area (Å²) in [6.07, 6.45) is 1.67. The van der Waals surface area contributed by atoms with E-state index in [1.807, 2.05) is 36.4 Å². The maximum Gasteiger partial charge on any atom is 0.123 e. The highest BCUT2D eigenvalue weighted by molar-refractivity contribution is 6.33. The van der Waals surface area contributed by atoms with Crippen LogP contribution >= 0.6 is 11.6 Å². The van der Waals surface area contributed by atoms with E-state index in [1.54, 1.807) is 6.26 Å². The molecule has 1 aromatic carbocycles. The van der Waals surface area contributed by atoms with Crippen LogP contribution in [0.3, 0.4) is 0 Å². The van der Waals surface area contributed by atoms with Gasteiger partial charge in [0.2, 0.25) is 0 Å². The lowest BCUT2D eigenvalue weighted by atomic mass is 10.2. The molecule has 0 aliphatic rings. The topological polar surface area (TPSA) is 42.4 Å². The van der Waals surface area contributed by atoms with Crippen molar-refractivity contribution in [3.8, 4) is 0 Å². The summed E-state index contributed by atoms with van der Waals surface area (Å²) < 4.78 is 5.35. The maximum atomic E-state index is 6.18. The molecular formula is C13H15ClN2O. The molecule has 2 aromatic rings. The lowest BCUT2D eigenvalue weighted by molar-refractivity contribution is 0.502. The molecule has 2 rings (SSSR count). The van der Waals surface area contributed by atoms with Gasteiger partial charge in [-0.2, -0.15) is 0 Å². The van der Waals surface area contributed by atoms with Crippen molar-refractivity contribution in [2.24, 2.45) is 5.73 Å². The molecule has 90 valence electrons. The van der Waals surface area contributed by atoms with Crippen LogP contribution in [0.15, 0.2) is 47.1 Å². The van der Waals surface area contributed by atoms with Crippen molar-refractivity contribution in [3.63, 3.8) is 0 Å². The minimum absolute atomic E-state index is 0.575. The minimum atomic E-state index is 0.575. The first kappa shape index (κ1) is 12.0. The van der Waals surface area contributed by atoms with Gasteiger partial charge in [-0.1, -0.05) is 23.7 Å². The van der Waals surface area contributed by atoms with Crippen molar-refractivity contribution in [2.45, 2.75) is 6.54 Å². The summed E-state index contributed by atoms with van der Waals surface area (Å²) in [6.45, 7) is 1.99. The second kappa shape index (κ2) is 5.75. The molecule has 0 atom stereocenters. The Labute approximate surface area is 106 Å². The smallest absolute Gasteiger partial charge is 0.123 e. The number of nitrogens with zero attached hydrogens (tertiary/aromatic N) is 1. The maximum absolute atomic E-state index is 6.18. The zero-order valence-corrected chi connectivity index (χ0v) is 10.2. The molecule has 0 aliphatic carbocycles. The van der Waals surface area contributed by atoms with Gasteiger partial charge >= 0.3 is 0 Å². The highest BCUT2D eigenvalue weighted by Gasteiger charge is 2.10. The van der Waals surface area contributed by atoms with Gasteiger partial charge in [0, 0.05) is 13.1 Å². The molecule has 4 heteroatoms. The van der Waals surface area contributed by atoms with Crippen LogP contribution in [0.5, 0.6) is 0 Å². The average molecular weight is 251 g/mol. The van der Waals surface area contributed by atoms with Gasteiger partial charge in [0.05, 0.1) is 23.5 Å². The van der Waals surface area contributed by atoms with E-state index >= 15 is 0 Å². The van der Waals surface area contributed by atoms with Gasteiger partial charge in [0.1, 0.15) is 5.76 Å². The first-order valence-corrected chi connectivity index (χ1v) is 5.91. The molecule has 0 spiro atoms. The Kier molecular flexibility index (Phi) is 4.07. The van der Waals surface area contributed by atoms with Crippen molar-refractivity contribution < 1.29 is 4.42 Å². The van der Waals surface area contributed by atoms with Crippen LogP contribution in [0.1, 0.15) is 5.76 Å². The number of para-hydroxylation sites is 1. The standard InChI is InChI=1S/C13H15ClN2O/c14-12-5-1-2-6-13(12)16(8-7-15)10-11-4-3-9-17-11/h1-6,9H,7-8,10,15H2. The van der Waals surface area contributed by atoms with Gasteiger partial charge < -0.3 is 15.1 Å². The lowest BCUT2D eigenvalue weighted by Gasteiger charge is -2.24. The molecule has 0 unspecified atom stereocenters. The van der Waals surface area contributed by atoms with E-state index < -0.39 is 0 Å². The Bertz CT molecular complexity index is 456. The van der Waals surface area contributed by atoms with Gasteiger partial charge in [0.25, 0.3) is 0 Å². The number of hydrogen-bond donors (Lipinski definition) is 1. The van der Waals surface area contributed by atoms with E-state index in [0.717, 1.165) is 23.0 Å². The molecule has 0 saturated carbocycles. The van der Waals surface area contributed by atoms with Gasteiger partial charge in [-0.05, 0) is 24.3 Å². The molecule has 0 saturated heterocycles. The number of anilines is 1. The molecule has 1 heterocycles. The Morgan fingerprint density at radius 3 is 2.65 bits per heavy atom. The summed E-state index contributed by atoms with van der Waals surface area (Å²) in [7, 11) is 0. The number of furan rings is 1. The summed E-state index contributed by atoms with van der Waals surface area (Å²) in [4.78, 5) is 2.11. The Morgan fingerprint density at radius 2 is 2.00 bits per heavy atom. The van der Waals surface area contributed by atoms with Gasteiger partial charge in [-0.3, -0.25) is 0 Å². The second-order valence-corrected chi connectivity index (χ2v) is 4.15. The Morgan fingerprint density at radius 1 is 1.18 bits per heavy atom. The van der Waals surface area contributed by atoms with Gasteiger partial charge in [0.15, 0.2) is 0 Å². The number of benzene rings is 1. The largest absolute Gasteiger partial charge is 0.467 e. The number of rotatable bonds is 5. The van der Waals surface area contributed by atoms with E-state index in [9.17, 15) is 0 Å². The lowest BCUT2D eigenvalue weighted by Crippen LogP contribution is -2.28. The zero-order valence-electron chi connectivity index (χ0n) is 9.47. The summed E-state index contributed by atoms with van der Waals surface area (Å²) in [5.74, 6) is 0.901. The normalized spacial score (nSPS) is 10.5. The summed E-state index contributed by atoms with van der Waals surface area (Å²) in [5, 5.41) is 0.729. The van der Waals surface area contributed by atoms with Crippen LogP contribution in [0.2, 0.25) is 5.02 Å². The first-order valence-electron chi connectivity index (χ1n) is 5.53. The summed E-state index contributed by atoms with van der Waals surface area (Å²) >= 11 is 6.18. The number of halogens is 1. The van der Waals surface area contributed by atoms with Crippen LogP contribution in [0.25, 0.3) is 0 Å². The second-order valence-electron chi connectivity index (χ2n) is 3.74. The first-order chi connectivity index (χ1) is 8.31. The SMILES string of the molecule is NCCN(Cc1ccco1)c1ccccc1Cl. The van der Waals surface area contributed by atoms with Crippen molar-refractivity contribution in [1.29, 1.82) is 0 Å². The highest BCUT2D eigenvalue weighted by Crippen LogP contribution is 2.26. The van der Waals surface area contributed by atoms with E-state index in [2.05, 4.69) is 4.90 Å². The number of nitrogens with two attached hydrogens (primary N) is 1. The molecule has 3 nitrogen and oxygen atoms in total. The molecule has 17 heavy (non-hydrogen) atoms. The number of hydrogen-bond acceptors (Lipinski definition) is 3. The van der Waals surface area contributed by atoms with Crippen LogP contribution in [-0.2, 0) is 6.54 Å². The van der Waals surface area contributed by atoms with E-state index in [0.29, 0.717) is 13.1 Å². The van der Waals surface area contributed by atoms with Gasteiger partial charge in [-0.15, -0.1) is 0 Å². The molecule has 0 radical (unpaired) electrons. The fourth-order valence-corrected chi connectivity index (χ4v) is 1.99. The quantitative estimate of drug-likeness (QED) is 0.887. The molecular weight excluding hydrogens is 236 g/mol. The molecule has 2 N–H and O–H groups in total. The summed E-state index contributed by atoms with van der Waals surface area (Å²) in [6, 6.07) is 11.6. The Balaban J connectivity index is 2.20. The zero-order chi connectivity index (χ0) is 12.1. The van der Waals surface area contributed by atoms with Crippen molar-refractivity contribution in [1.82, 2.24) is 0 Å². The van der Waals surface area contributed by atoms with Crippen molar-refractivity contribution >= 4 is 17.3 Å². The Hall–Kier alpha value is -1.45. The van der Waals surface area contributed by atoms with Crippen molar-refractivity contribution in [3.05, 3.63) is 53.4 Å². The van der Waals surface area contributed by atoms with Crippen LogP contribution in [0.4, 0.5) is 5.69 Å². The van der Waals surface area contributed by atoms with Crippen LogP contribution in [0, 0.1) is 0 Å². The molecule has 0 fully saturated rings. The third-order valence-electron chi connectivity index (χ3n) is 2.52. The molecule has 0 aliphatic heterocycles. The fourth-order valence-electron chi connectivity index (χ4n) is 1.74. The minimum Gasteiger partial charge on any atom is -0.467 e. The monoisotopic (exact) mass is 250 g/mol. The van der Waals surface area contributed by atoms with Crippen LogP contribution < -0.4 is 10.6 Å². The predicted molar refractivity (Wildman–Crippen MR) is 70.3 cm³/mol. The average Bonchev–Trinajstić information content (AvgIpc) is 2.82. The van der Waals surface area contributed by atoms with Crippen molar-refractivity contribution in [2.75, 3.05) is 18.0 Å². The summed E-state index contributed by atoms with van der Waals surface area (Å²) in [5.41, 5.74) is 6.61. The van der Waals surface area contributed by atoms with E-state index in [-0.39, 0.29) is 0 Å². The molecule has 0 amide bonds. The highest BCUT2D eigenvalue weighted by atomic mass is 35.5. The third-order valence-corrected chi connectivity index (χ3v) is 2.84. The predicted octanol–water partition coefficient (Wildman–Crippen LogP) is 2.90.